The summed E-state index contributed by atoms with van der Waals surface area (Å²) in [6, 6.07) is 0. The Morgan fingerprint density at radius 2 is 1.87 bits per heavy atom. The topological polar surface area (TPSA) is 83.5 Å². The molecule has 5 heteroatoms. The molecule has 0 bridgehead atoms. The van der Waals surface area contributed by atoms with Crippen LogP contribution in [0.4, 0.5) is 0 Å². The van der Waals surface area contributed by atoms with Gasteiger partial charge in [0, 0.05) is 18.5 Å². The molecule has 0 aliphatic rings. The molecule has 0 radical (unpaired) electrons. The van der Waals surface area contributed by atoms with Crippen molar-refractivity contribution in [1.29, 1.82) is 0 Å². The predicted octanol–water partition coefficient (Wildman–Crippen LogP) is 0.359. The molecular formula is C10H15NO4. The van der Waals surface area contributed by atoms with E-state index in [1.807, 2.05) is 0 Å². The van der Waals surface area contributed by atoms with Crippen molar-refractivity contribution in [3.05, 3.63) is 11.6 Å². The Morgan fingerprint density at radius 3 is 2.20 bits per heavy atom. The van der Waals surface area contributed by atoms with Crippen molar-refractivity contribution < 1.29 is 19.5 Å². The van der Waals surface area contributed by atoms with Crippen LogP contribution in [0.15, 0.2) is 11.6 Å². The average molecular weight is 213 g/mol. The minimum Gasteiger partial charge on any atom is -0.478 e. The number of nitrogens with one attached hydrogen (secondary N) is 1. The number of carbonyl (C=O) groups is 3. The second kappa shape index (κ2) is 5.95. The summed E-state index contributed by atoms with van der Waals surface area (Å²) in [4.78, 5) is 32.9. The molecule has 0 aliphatic heterocycles. The molecule has 0 aromatic carbocycles. The van der Waals surface area contributed by atoms with Gasteiger partial charge in [-0.15, -0.1) is 0 Å². The fourth-order valence-corrected chi connectivity index (χ4v) is 0.788. The molecule has 0 saturated carbocycles. The van der Waals surface area contributed by atoms with E-state index in [-0.39, 0.29) is 23.7 Å². The highest BCUT2D eigenvalue weighted by molar-refractivity contribution is 6.02. The summed E-state index contributed by atoms with van der Waals surface area (Å²) in [5, 5.41) is 11.0. The second-order valence-corrected chi connectivity index (χ2v) is 3.38. The molecule has 0 aromatic heterocycles. The first kappa shape index (κ1) is 13.4. The molecule has 5 nitrogen and oxygen atoms in total. The standard InChI is InChI=1S/C10H15NO4/c1-6(2)8(12)4-7(10(14)15)5-9(13)11-3/h4,6H,5H2,1-3H3,(H,11,13)(H,14,15)/b7-4-. The average Bonchev–Trinajstić information content (AvgIpc) is 2.15. The Labute approximate surface area is 88.2 Å². The molecule has 0 rings (SSSR count). The van der Waals surface area contributed by atoms with Crippen molar-refractivity contribution in [2.45, 2.75) is 20.3 Å². The molecule has 84 valence electrons. The van der Waals surface area contributed by atoms with Gasteiger partial charge in [0.1, 0.15) is 0 Å². The number of ketones is 1. The second-order valence-electron chi connectivity index (χ2n) is 3.38. The number of carboxylic acids is 1. The monoisotopic (exact) mass is 213 g/mol. The SMILES string of the molecule is CNC(=O)C/C(=C/C(=O)C(C)C)C(=O)O. The van der Waals surface area contributed by atoms with Crippen molar-refractivity contribution >= 4 is 17.7 Å². The lowest BCUT2D eigenvalue weighted by molar-refractivity contribution is -0.134. The van der Waals surface area contributed by atoms with E-state index in [1.165, 1.54) is 7.05 Å². The quantitative estimate of drug-likeness (QED) is 0.646. The Balaban J connectivity index is 4.74. The molecule has 0 aliphatic carbocycles. The van der Waals surface area contributed by atoms with Crippen molar-refractivity contribution in [1.82, 2.24) is 5.32 Å². The maximum atomic E-state index is 11.3. The number of hydrogen-bond donors (Lipinski definition) is 2. The van der Waals surface area contributed by atoms with Gasteiger partial charge in [0.2, 0.25) is 5.91 Å². The summed E-state index contributed by atoms with van der Waals surface area (Å²) in [5.74, 6) is -2.24. The third-order valence-corrected chi connectivity index (χ3v) is 1.79. The Morgan fingerprint density at radius 1 is 1.33 bits per heavy atom. The fourth-order valence-electron chi connectivity index (χ4n) is 0.788. The van der Waals surface area contributed by atoms with E-state index in [1.54, 1.807) is 13.8 Å². The molecule has 0 heterocycles. The van der Waals surface area contributed by atoms with Crippen LogP contribution in [0, 0.1) is 5.92 Å². The van der Waals surface area contributed by atoms with Gasteiger partial charge in [-0.2, -0.15) is 0 Å². The molecule has 0 atom stereocenters. The first-order chi connectivity index (χ1) is 6.88. The van der Waals surface area contributed by atoms with Crippen molar-refractivity contribution in [2.24, 2.45) is 5.92 Å². The largest absolute Gasteiger partial charge is 0.478 e. The van der Waals surface area contributed by atoms with Crippen LogP contribution in [0.3, 0.4) is 0 Å². The molecule has 0 fully saturated rings. The first-order valence-electron chi connectivity index (χ1n) is 4.56. The van der Waals surface area contributed by atoms with Crippen LogP contribution in [0.5, 0.6) is 0 Å². The predicted molar refractivity (Wildman–Crippen MR) is 54.2 cm³/mol. The summed E-state index contributed by atoms with van der Waals surface area (Å²) in [6.07, 6.45) is 0.729. The zero-order chi connectivity index (χ0) is 12.0. The number of aliphatic carboxylic acids is 1. The fraction of sp³-hybridized carbons (Fsp3) is 0.500. The maximum absolute atomic E-state index is 11.3. The Kier molecular flexibility index (Phi) is 5.30. The molecule has 0 saturated heterocycles. The minimum absolute atomic E-state index is 0.187. The van der Waals surface area contributed by atoms with Crippen LogP contribution in [-0.4, -0.2) is 29.8 Å². The van der Waals surface area contributed by atoms with Crippen LogP contribution in [0.1, 0.15) is 20.3 Å². The van der Waals surface area contributed by atoms with Gasteiger partial charge in [-0.3, -0.25) is 9.59 Å². The third-order valence-electron chi connectivity index (χ3n) is 1.79. The highest BCUT2D eigenvalue weighted by Gasteiger charge is 2.14. The van der Waals surface area contributed by atoms with E-state index in [2.05, 4.69) is 5.32 Å². The highest BCUT2D eigenvalue weighted by Crippen LogP contribution is 2.05. The zero-order valence-electron chi connectivity index (χ0n) is 9.03. The smallest absolute Gasteiger partial charge is 0.332 e. The molecule has 0 spiro atoms. The highest BCUT2D eigenvalue weighted by atomic mass is 16.4. The van der Waals surface area contributed by atoms with Gasteiger partial charge < -0.3 is 10.4 Å². The van der Waals surface area contributed by atoms with Gasteiger partial charge in [0.15, 0.2) is 5.78 Å². The van der Waals surface area contributed by atoms with Gasteiger partial charge in [-0.25, -0.2) is 4.79 Å². The van der Waals surface area contributed by atoms with Crippen LogP contribution in [0.2, 0.25) is 0 Å². The molecule has 0 unspecified atom stereocenters. The lowest BCUT2D eigenvalue weighted by Gasteiger charge is -2.03. The number of rotatable bonds is 5. The number of carboxylic acid groups (broad SMARTS) is 1. The van der Waals surface area contributed by atoms with Gasteiger partial charge in [-0.1, -0.05) is 13.8 Å². The number of carbonyl (C=O) groups excluding carboxylic acids is 2. The molecule has 2 N–H and O–H groups in total. The van der Waals surface area contributed by atoms with Crippen LogP contribution < -0.4 is 5.32 Å². The maximum Gasteiger partial charge on any atom is 0.332 e. The lowest BCUT2D eigenvalue weighted by atomic mass is 10.0. The van der Waals surface area contributed by atoms with E-state index in [4.69, 9.17) is 5.11 Å². The molecule has 15 heavy (non-hydrogen) atoms. The van der Waals surface area contributed by atoms with Crippen LogP contribution in [-0.2, 0) is 14.4 Å². The Hall–Kier alpha value is -1.65. The lowest BCUT2D eigenvalue weighted by Crippen LogP contribution is -2.21. The third kappa shape index (κ3) is 4.95. The van der Waals surface area contributed by atoms with Gasteiger partial charge >= 0.3 is 5.97 Å². The van der Waals surface area contributed by atoms with E-state index in [0.717, 1.165) is 6.08 Å². The van der Waals surface area contributed by atoms with E-state index in [9.17, 15) is 14.4 Å². The van der Waals surface area contributed by atoms with E-state index < -0.39 is 11.9 Å². The molecular weight excluding hydrogens is 198 g/mol. The first-order valence-corrected chi connectivity index (χ1v) is 4.56. The van der Waals surface area contributed by atoms with Gasteiger partial charge in [0.05, 0.1) is 6.42 Å². The van der Waals surface area contributed by atoms with Gasteiger partial charge in [-0.05, 0) is 6.08 Å². The number of hydrogen-bond acceptors (Lipinski definition) is 3. The summed E-state index contributed by atoms with van der Waals surface area (Å²) in [7, 11) is 1.41. The van der Waals surface area contributed by atoms with Crippen LogP contribution >= 0.6 is 0 Å². The van der Waals surface area contributed by atoms with Crippen LogP contribution in [0.25, 0.3) is 0 Å². The Bertz CT molecular complexity index is 305. The summed E-state index contributed by atoms with van der Waals surface area (Å²) in [5.41, 5.74) is -0.187. The van der Waals surface area contributed by atoms with Crippen molar-refractivity contribution in [2.75, 3.05) is 7.05 Å². The normalized spacial score (nSPS) is 11.3. The van der Waals surface area contributed by atoms with E-state index >= 15 is 0 Å². The summed E-state index contributed by atoms with van der Waals surface area (Å²) >= 11 is 0. The zero-order valence-corrected chi connectivity index (χ0v) is 9.03. The van der Waals surface area contributed by atoms with Gasteiger partial charge in [0.25, 0.3) is 0 Å². The number of allylic oxidation sites excluding steroid dienone is 1. The van der Waals surface area contributed by atoms with Crippen molar-refractivity contribution in [3.63, 3.8) is 0 Å². The number of amides is 1. The molecule has 1 amide bonds. The minimum atomic E-state index is -1.24. The van der Waals surface area contributed by atoms with E-state index in [0.29, 0.717) is 0 Å². The molecule has 0 aromatic rings. The van der Waals surface area contributed by atoms with Crippen molar-refractivity contribution in [3.8, 4) is 0 Å². The summed E-state index contributed by atoms with van der Waals surface area (Å²) < 4.78 is 0. The summed E-state index contributed by atoms with van der Waals surface area (Å²) in [6.45, 7) is 3.33.